The number of benzene rings is 1. The maximum atomic E-state index is 14.5. The molecule has 2 nitrogen and oxygen atoms in total. The molecule has 0 saturated carbocycles. The van der Waals surface area contributed by atoms with Crippen molar-refractivity contribution in [3.8, 4) is 5.75 Å². The molecule has 0 radical (unpaired) electrons. The third-order valence-corrected chi connectivity index (χ3v) is 3.13. The number of phenolic OH excluding ortho intramolecular Hbond substituents is 1. The quantitative estimate of drug-likeness (QED) is 0.813. The van der Waals surface area contributed by atoms with Gasteiger partial charge in [0.1, 0.15) is 11.4 Å². The lowest BCUT2D eigenvalue weighted by Gasteiger charge is -2.26. The van der Waals surface area contributed by atoms with Crippen LogP contribution >= 0.6 is 0 Å². The van der Waals surface area contributed by atoms with Gasteiger partial charge < -0.3 is 9.84 Å². The zero-order chi connectivity index (χ0) is 10.9. The smallest absolute Gasteiger partial charge is 0.138 e. The first-order valence-corrected chi connectivity index (χ1v) is 5.17. The van der Waals surface area contributed by atoms with E-state index in [-0.39, 0.29) is 11.7 Å². The van der Waals surface area contributed by atoms with E-state index < -0.39 is 5.67 Å². The number of alkyl halides is 1. The maximum absolute atomic E-state index is 14.5. The van der Waals surface area contributed by atoms with Crippen molar-refractivity contribution in [2.45, 2.75) is 19.0 Å². The van der Waals surface area contributed by atoms with Gasteiger partial charge >= 0.3 is 0 Å². The highest BCUT2D eigenvalue weighted by atomic mass is 19.1. The summed E-state index contributed by atoms with van der Waals surface area (Å²) in [5.74, 6) is 0.0827. The second-order valence-electron chi connectivity index (χ2n) is 4.18. The minimum absolute atomic E-state index is 0.0814. The first kappa shape index (κ1) is 10.4. The summed E-state index contributed by atoms with van der Waals surface area (Å²) in [4.78, 5) is 0. The van der Waals surface area contributed by atoms with E-state index in [9.17, 15) is 4.39 Å². The molecule has 82 valence electrons. The lowest BCUT2D eigenvalue weighted by molar-refractivity contribution is 0.0824. The number of hydrogen-bond acceptors (Lipinski definition) is 2. The average Bonchev–Trinajstić information content (AvgIpc) is 2.71. The third-order valence-electron chi connectivity index (χ3n) is 3.13. The Morgan fingerprint density at radius 1 is 1.40 bits per heavy atom. The van der Waals surface area contributed by atoms with Gasteiger partial charge in [0.15, 0.2) is 0 Å². The normalized spacial score (nSPS) is 25.1. The summed E-state index contributed by atoms with van der Waals surface area (Å²) in [6, 6.07) is 6.30. The van der Waals surface area contributed by atoms with Crippen LogP contribution in [0.2, 0.25) is 0 Å². The molecule has 2 atom stereocenters. The van der Waals surface area contributed by atoms with Crippen LogP contribution < -0.4 is 0 Å². The number of rotatable bonds is 2. The van der Waals surface area contributed by atoms with Crippen molar-refractivity contribution in [2.24, 2.45) is 5.92 Å². The van der Waals surface area contributed by atoms with E-state index >= 15 is 0 Å². The molecule has 1 aromatic carbocycles. The monoisotopic (exact) mass is 210 g/mol. The van der Waals surface area contributed by atoms with Crippen LogP contribution in [0.3, 0.4) is 0 Å². The number of halogens is 1. The van der Waals surface area contributed by atoms with Crippen molar-refractivity contribution in [3.05, 3.63) is 29.8 Å². The van der Waals surface area contributed by atoms with E-state index in [0.29, 0.717) is 18.8 Å². The van der Waals surface area contributed by atoms with Crippen LogP contribution in [0.25, 0.3) is 0 Å². The highest BCUT2D eigenvalue weighted by Crippen LogP contribution is 2.38. The molecule has 0 amide bonds. The highest BCUT2D eigenvalue weighted by Gasteiger charge is 2.38. The van der Waals surface area contributed by atoms with Crippen molar-refractivity contribution < 1.29 is 14.2 Å². The number of aromatic hydroxyl groups is 1. The molecular weight excluding hydrogens is 195 g/mol. The second kappa shape index (κ2) is 3.81. The number of hydrogen-bond donors (Lipinski definition) is 1. The fraction of sp³-hybridized carbons (Fsp3) is 0.500. The lowest BCUT2D eigenvalue weighted by atomic mass is 9.84. The first-order chi connectivity index (χ1) is 7.10. The molecule has 1 N–H and O–H groups in total. The summed E-state index contributed by atoms with van der Waals surface area (Å²) in [6.45, 7) is 2.70. The zero-order valence-corrected chi connectivity index (χ0v) is 8.74. The minimum Gasteiger partial charge on any atom is -0.508 e. The van der Waals surface area contributed by atoms with Crippen LogP contribution in [0, 0.1) is 5.92 Å². The number of phenols is 1. The van der Waals surface area contributed by atoms with Crippen LogP contribution in [0.15, 0.2) is 24.3 Å². The summed E-state index contributed by atoms with van der Waals surface area (Å²) in [7, 11) is 0. The van der Waals surface area contributed by atoms with Crippen LogP contribution in [-0.4, -0.2) is 18.3 Å². The molecule has 1 fully saturated rings. The van der Waals surface area contributed by atoms with Gasteiger partial charge in [-0.25, -0.2) is 4.39 Å². The van der Waals surface area contributed by atoms with Crippen LogP contribution in [0.5, 0.6) is 5.75 Å². The summed E-state index contributed by atoms with van der Waals surface area (Å²) in [5, 5.41) is 9.14. The molecule has 1 saturated heterocycles. The van der Waals surface area contributed by atoms with E-state index in [1.165, 1.54) is 12.1 Å². The van der Waals surface area contributed by atoms with Crippen molar-refractivity contribution in [2.75, 3.05) is 13.2 Å². The molecule has 1 aliphatic rings. The Balaban J connectivity index is 2.23. The van der Waals surface area contributed by atoms with E-state index in [0.717, 1.165) is 6.42 Å². The predicted molar refractivity (Wildman–Crippen MR) is 55.5 cm³/mol. The molecule has 1 aliphatic heterocycles. The third kappa shape index (κ3) is 1.97. The average molecular weight is 210 g/mol. The lowest BCUT2D eigenvalue weighted by Crippen LogP contribution is -2.27. The van der Waals surface area contributed by atoms with Crippen LogP contribution in [-0.2, 0) is 10.4 Å². The molecule has 0 aromatic heterocycles. The van der Waals surface area contributed by atoms with Crippen molar-refractivity contribution in [1.82, 2.24) is 0 Å². The SMILES string of the molecule is CC(F)(c1ccc(O)cc1)C1CCOC1. The first-order valence-electron chi connectivity index (χ1n) is 5.17. The van der Waals surface area contributed by atoms with Gasteiger partial charge in [0.2, 0.25) is 0 Å². The van der Waals surface area contributed by atoms with Crippen molar-refractivity contribution >= 4 is 0 Å². The molecule has 0 bridgehead atoms. The maximum Gasteiger partial charge on any atom is 0.138 e. The standard InChI is InChI=1S/C12H15FO2/c1-12(13,10-6-7-15-8-10)9-2-4-11(14)5-3-9/h2-5,10,14H,6-8H2,1H3. The molecule has 1 heterocycles. The number of ether oxygens (including phenoxy) is 1. The predicted octanol–water partition coefficient (Wildman–Crippen LogP) is 2.61. The minimum atomic E-state index is -1.37. The highest BCUT2D eigenvalue weighted by molar-refractivity contribution is 5.30. The van der Waals surface area contributed by atoms with Gasteiger partial charge in [0, 0.05) is 12.5 Å². The van der Waals surface area contributed by atoms with E-state index in [1.54, 1.807) is 19.1 Å². The van der Waals surface area contributed by atoms with Gasteiger partial charge in [0.05, 0.1) is 6.61 Å². The molecule has 15 heavy (non-hydrogen) atoms. The van der Waals surface area contributed by atoms with Gasteiger partial charge in [-0.05, 0) is 31.0 Å². The van der Waals surface area contributed by atoms with E-state index in [2.05, 4.69) is 0 Å². The molecule has 0 spiro atoms. The largest absolute Gasteiger partial charge is 0.508 e. The molecular formula is C12H15FO2. The summed E-state index contributed by atoms with van der Waals surface area (Å²) < 4.78 is 19.7. The summed E-state index contributed by atoms with van der Waals surface area (Å²) >= 11 is 0. The van der Waals surface area contributed by atoms with Crippen LogP contribution in [0.4, 0.5) is 4.39 Å². The molecule has 0 aliphatic carbocycles. The fourth-order valence-electron chi connectivity index (χ4n) is 1.99. The summed E-state index contributed by atoms with van der Waals surface area (Å²) in [6.07, 6.45) is 0.758. The Labute approximate surface area is 88.7 Å². The molecule has 1 aromatic rings. The van der Waals surface area contributed by atoms with Crippen molar-refractivity contribution in [1.29, 1.82) is 0 Å². The molecule has 3 heteroatoms. The molecule has 2 rings (SSSR count). The van der Waals surface area contributed by atoms with Crippen LogP contribution in [0.1, 0.15) is 18.9 Å². The zero-order valence-electron chi connectivity index (χ0n) is 8.74. The van der Waals surface area contributed by atoms with Gasteiger partial charge in [-0.2, -0.15) is 0 Å². The van der Waals surface area contributed by atoms with E-state index in [4.69, 9.17) is 9.84 Å². The topological polar surface area (TPSA) is 29.5 Å². The van der Waals surface area contributed by atoms with Gasteiger partial charge in [0.25, 0.3) is 0 Å². The Kier molecular flexibility index (Phi) is 2.65. The van der Waals surface area contributed by atoms with E-state index in [1.807, 2.05) is 0 Å². The molecule has 2 unspecified atom stereocenters. The fourth-order valence-corrected chi connectivity index (χ4v) is 1.99. The Bertz CT molecular complexity index is 326. The Morgan fingerprint density at radius 2 is 2.07 bits per heavy atom. The van der Waals surface area contributed by atoms with Gasteiger partial charge in [-0.3, -0.25) is 0 Å². The Morgan fingerprint density at radius 3 is 2.60 bits per heavy atom. The summed E-state index contributed by atoms with van der Waals surface area (Å²) in [5.41, 5.74) is -0.764. The van der Waals surface area contributed by atoms with Crippen molar-refractivity contribution in [3.63, 3.8) is 0 Å². The Hall–Kier alpha value is -1.09. The second-order valence-corrected chi connectivity index (χ2v) is 4.18. The van der Waals surface area contributed by atoms with Gasteiger partial charge in [-0.15, -0.1) is 0 Å². The van der Waals surface area contributed by atoms with Gasteiger partial charge in [-0.1, -0.05) is 12.1 Å².